The van der Waals surface area contributed by atoms with Gasteiger partial charge in [-0.2, -0.15) is 0 Å². The van der Waals surface area contributed by atoms with Crippen molar-refractivity contribution >= 4 is 28.4 Å². The van der Waals surface area contributed by atoms with Crippen LogP contribution in [0, 0.1) is 0 Å². The highest BCUT2D eigenvalue weighted by atomic mass is 16.5. The molecule has 0 spiro atoms. The van der Waals surface area contributed by atoms with Crippen LogP contribution in [-0.4, -0.2) is 54.3 Å². The van der Waals surface area contributed by atoms with Crippen molar-refractivity contribution in [1.82, 2.24) is 20.6 Å². The van der Waals surface area contributed by atoms with Crippen LogP contribution in [0.5, 0.6) is 5.75 Å². The van der Waals surface area contributed by atoms with Crippen LogP contribution < -0.4 is 20.7 Å². The van der Waals surface area contributed by atoms with E-state index in [0.29, 0.717) is 30.8 Å². The van der Waals surface area contributed by atoms with Crippen molar-refractivity contribution < 1.29 is 14.3 Å². The Morgan fingerprint density at radius 2 is 1.74 bits per heavy atom. The number of nitrogens with zero attached hydrogens (tertiary/aromatic N) is 2. The average molecular weight is 476 g/mol. The summed E-state index contributed by atoms with van der Waals surface area (Å²) in [5.74, 6) is 1.23. The molecule has 2 aromatic carbocycles. The van der Waals surface area contributed by atoms with E-state index in [2.05, 4.69) is 20.9 Å². The zero-order chi connectivity index (χ0) is 24.0. The van der Waals surface area contributed by atoms with Crippen molar-refractivity contribution in [3.63, 3.8) is 0 Å². The molecule has 0 bridgehead atoms. The second-order valence-corrected chi connectivity index (χ2v) is 9.33. The van der Waals surface area contributed by atoms with Crippen molar-refractivity contribution in [2.45, 2.75) is 56.7 Å². The molecule has 2 heterocycles. The molecule has 1 saturated heterocycles. The summed E-state index contributed by atoms with van der Waals surface area (Å²) >= 11 is 0. The van der Waals surface area contributed by atoms with Gasteiger partial charge in [0.1, 0.15) is 11.3 Å². The summed E-state index contributed by atoms with van der Waals surface area (Å²) in [5.41, 5.74) is 2.24. The van der Waals surface area contributed by atoms with Crippen molar-refractivity contribution in [3.8, 4) is 5.75 Å². The molecular weight excluding hydrogens is 442 g/mol. The van der Waals surface area contributed by atoms with E-state index < -0.39 is 0 Å². The van der Waals surface area contributed by atoms with Gasteiger partial charge in [0.15, 0.2) is 0 Å². The molecule has 0 radical (unpaired) electrons. The number of para-hydroxylation sites is 1. The monoisotopic (exact) mass is 475 g/mol. The number of hydrogen-bond acceptors (Lipinski definition) is 7. The SMILES string of the molecule is CNC1CCC(Oc2cccc3cnc(Nc4ccc(C(=O)NC5CCOCC5)cc4)nc23)CC1. The average Bonchev–Trinajstić information content (AvgIpc) is 2.90. The number of ether oxygens (including phenoxy) is 2. The summed E-state index contributed by atoms with van der Waals surface area (Å²) < 4.78 is 11.7. The van der Waals surface area contributed by atoms with Gasteiger partial charge >= 0.3 is 0 Å². The van der Waals surface area contributed by atoms with Crippen LogP contribution in [0.15, 0.2) is 48.7 Å². The van der Waals surface area contributed by atoms with E-state index in [1.807, 2.05) is 55.7 Å². The number of rotatable bonds is 7. The third-order valence-electron chi connectivity index (χ3n) is 6.91. The second-order valence-electron chi connectivity index (χ2n) is 9.33. The Morgan fingerprint density at radius 1 is 0.971 bits per heavy atom. The van der Waals surface area contributed by atoms with Crippen LogP contribution in [0.3, 0.4) is 0 Å². The Morgan fingerprint density at radius 3 is 2.49 bits per heavy atom. The Labute approximate surface area is 205 Å². The van der Waals surface area contributed by atoms with Crippen molar-refractivity contribution in [1.29, 1.82) is 0 Å². The number of carbonyl (C=O) groups is 1. The number of amides is 1. The molecule has 1 aliphatic carbocycles. The van der Waals surface area contributed by atoms with Gasteiger partial charge in [-0.25, -0.2) is 9.97 Å². The van der Waals surface area contributed by atoms with Gasteiger partial charge in [0.25, 0.3) is 5.91 Å². The first-order valence-electron chi connectivity index (χ1n) is 12.5. The quantitative estimate of drug-likeness (QED) is 0.471. The van der Waals surface area contributed by atoms with E-state index in [1.165, 1.54) is 0 Å². The summed E-state index contributed by atoms with van der Waals surface area (Å²) in [7, 11) is 2.03. The number of anilines is 2. The molecule has 184 valence electrons. The molecule has 0 atom stereocenters. The normalized spacial score (nSPS) is 20.9. The third-order valence-corrected chi connectivity index (χ3v) is 6.91. The van der Waals surface area contributed by atoms with E-state index >= 15 is 0 Å². The molecule has 3 aromatic rings. The van der Waals surface area contributed by atoms with Crippen LogP contribution in [-0.2, 0) is 4.74 Å². The van der Waals surface area contributed by atoms with Gasteiger partial charge in [-0.05, 0) is 75.9 Å². The lowest BCUT2D eigenvalue weighted by atomic mass is 9.93. The third kappa shape index (κ3) is 5.89. The lowest BCUT2D eigenvalue weighted by Gasteiger charge is -2.28. The molecule has 1 saturated carbocycles. The molecule has 8 nitrogen and oxygen atoms in total. The second kappa shape index (κ2) is 11.0. The maximum Gasteiger partial charge on any atom is 0.251 e. The fraction of sp³-hybridized carbons (Fsp3) is 0.444. The van der Waals surface area contributed by atoms with Gasteiger partial charge in [0.2, 0.25) is 5.95 Å². The zero-order valence-electron chi connectivity index (χ0n) is 20.1. The van der Waals surface area contributed by atoms with E-state index in [1.54, 1.807) is 0 Å². The summed E-state index contributed by atoms with van der Waals surface area (Å²) in [6.07, 6.45) is 8.04. The molecule has 2 fully saturated rings. The van der Waals surface area contributed by atoms with Gasteiger partial charge < -0.3 is 25.4 Å². The first kappa shape index (κ1) is 23.5. The lowest BCUT2D eigenvalue weighted by molar-refractivity contribution is 0.0696. The first-order valence-corrected chi connectivity index (χ1v) is 12.5. The van der Waals surface area contributed by atoms with Crippen molar-refractivity contribution in [2.24, 2.45) is 0 Å². The van der Waals surface area contributed by atoms with Gasteiger partial charge in [-0.3, -0.25) is 4.79 Å². The highest BCUT2D eigenvalue weighted by Gasteiger charge is 2.22. The Kier molecular flexibility index (Phi) is 7.39. The van der Waals surface area contributed by atoms with Crippen LogP contribution in [0.25, 0.3) is 10.9 Å². The number of hydrogen-bond donors (Lipinski definition) is 3. The molecule has 35 heavy (non-hydrogen) atoms. The smallest absolute Gasteiger partial charge is 0.251 e. The van der Waals surface area contributed by atoms with Gasteiger partial charge in [0.05, 0.1) is 6.10 Å². The minimum atomic E-state index is -0.0593. The fourth-order valence-corrected chi connectivity index (χ4v) is 4.78. The molecule has 5 rings (SSSR count). The maximum atomic E-state index is 12.6. The minimum absolute atomic E-state index is 0.0593. The standard InChI is InChI=1S/C27H33N5O3/c1-28-20-9-11-23(12-10-20)35-24-4-2-3-19-17-29-27(32-25(19)24)31-21-7-5-18(6-8-21)26(33)30-22-13-15-34-16-14-22/h2-8,17,20,22-23,28H,9-16H2,1H3,(H,30,33)(H,29,31,32). The Balaban J connectivity index is 1.25. The van der Waals surface area contributed by atoms with Gasteiger partial charge in [0, 0.05) is 48.1 Å². The van der Waals surface area contributed by atoms with Crippen LogP contribution >= 0.6 is 0 Å². The lowest BCUT2D eigenvalue weighted by Crippen LogP contribution is -2.38. The first-order chi connectivity index (χ1) is 17.2. The summed E-state index contributed by atoms with van der Waals surface area (Å²) in [4.78, 5) is 21.8. The highest BCUT2D eigenvalue weighted by molar-refractivity contribution is 5.94. The topological polar surface area (TPSA) is 97.4 Å². The number of benzene rings is 2. The number of carbonyl (C=O) groups excluding carboxylic acids is 1. The molecule has 3 N–H and O–H groups in total. The molecule has 0 unspecified atom stereocenters. The molecule has 8 heteroatoms. The number of nitrogens with one attached hydrogen (secondary N) is 3. The van der Waals surface area contributed by atoms with E-state index in [0.717, 1.165) is 60.9 Å². The Hall–Kier alpha value is -3.23. The molecule has 1 aromatic heterocycles. The largest absolute Gasteiger partial charge is 0.488 e. The molecular formula is C27H33N5O3. The van der Waals surface area contributed by atoms with E-state index in [4.69, 9.17) is 14.5 Å². The van der Waals surface area contributed by atoms with Gasteiger partial charge in [-0.15, -0.1) is 0 Å². The number of fused-ring (bicyclic) bond motifs is 1. The van der Waals surface area contributed by atoms with Crippen molar-refractivity contribution in [2.75, 3.05) is 25.6 Å². The van der Waals surface area contributed by atoms with Gasteiger partial charge in [-0.1, -0.05) is 12.1 Å². The van der Waals surface area contributed by atoms with Crippen LogP contribution in [0.1, 0.15) is 48.9 Å². The highest BCUT2D eigenvalue weighted by Crippen LogP contribution is 2.29. The summed E-state index contributed by atoms with van der Waals surface area (Å²) in [6.45, 7) is 1.40. The summed E-state index contributed by atoms with van der Waals surface area (Å²) in [5, 5.41) is 10.6. The predicted octanol–water partition coefficient (Wildman–Crippen LogP) is 4.19. The molecule has 1 aliphatic heterocycles. The van der Waals surface area contributed by atoms with Crippen molar-refractivity contribution in [3.05, 3.63) is 54.2 Å². The summed E-state index contributed by atoms with van der Waals surface area (Å²) in [6, 6.07) is 14.1. The van der Waals surface area contributed by atoms with Crippen LogP contribution in [0.4, 0.5) is 11.6 Å². The number of aromatic nitrogens is 2. The predicted molar refractivity (Wildman–Crippen MR) is 136 cm³/mol. The van der Waals surface area contributed by atoms with E-state index in [9.17, 15) is 4.79 Å². The maximum absolute atomic E-state index is 12.6. The molecule has 2 aliphatic rings. The fourth-order valence-electron chi connectivity index (χ4n) is 4.78. The van der Waals surface area contributed by atoms with Crippen LogP contribution in [0.2, 0.25) is 0 Å². The zero-order valence-corrected chi connectivity index (χ0v) is 20.1. The Bertz CT molecular complexity index is 1140. The molecule has 1 amide bonds. The minimum Gasteiger partial charge on any atom is -0.488 e. The van der Waals surface area contributed by atoms with E-state index in [-0.39, 0.29) is 18.1 Å².